The van der Waals surface area contributed by atoms with Crippen molar-refractivity contribution in [3.05, 3.63) is 65.8 Å². The van der Waals surface area contributed by atoms with E-state index in [4.69, 9.17) is 14.0 Å². The molecule has 0 saturated carbocycles. The number of hydrogen-bond acceptors (Lipinski definition) is 7. The first-order valence-electron chi connectivity index (χ1n) is 8.50. The first-order valence-corrected chi connectivity index (χ1v) is 8.50. The fourth-order valence-electron chi connectivity index (χ4n) is 2.53. The van der Waals surface area contributed by atoms with Crippen LogP contribution in [0.2, 0.25) is 0 Å². The lowest BCUT2D eigenvalue weighted by molar-refractivity contribution is -0.177. The van der Waals surface area contributed by atoms with E-state index in [-0.39, 0.29) is 18.1 Å². The van der Waals surface area contributed by atoms with E-state index < -0.39 is 11.9 Å². The van der Waals surface area contributed by atoms with E-state index in [1.807, 2.05) is 0 Å². The van der Waals surface area contributed by atoms with Gasteiger partial charge in [-0.3, -0.25) is 14.6 Å². The van der Waals surface area contributed by atoms with Crippen molar-refractivity contribution in [1.29, 1.82) is 0 Å². The molecule has 0 aliphatic heterocycles. The summed E-state index contributed by atoms with van der Waals surface area (Å²) in [5.74, 6) is -0.0195. The maximum absolute atomic E-state index is 12.9. The van der Waals surface area contributed by atoms with Crippen LogP contribution in [0.3, 0.4) is 0 Å². The lowest BCUT2D eigenvalue weighted by atomic mass is 10.2. The smallest absolute Gasteiger partial charge is 0.329 e. The van der Waals surface area contributed by atoms with Crippen molar-refractivity contribution in [3.8, 4) is 17.2 Å². The molecule has 0 unspecified atom stereocenters. The molecule has 0 fully saturated rings. The van der Waals surface area contributed by atoms with Gasteiger partial charge < -0.3 is 14.0 Å². The zero-order chi connectivity index (χ0) is 20.1. The molecule has 2 heterocycles. The first-order chi connectivity index (χ1) is 13.5. The molecule has 0 radical (unpaired) electrons. The number of oxazole rings is 1. The normalized spacial score (nSPS) is 10.4. The Morgan fingerprint density at radius 2 is 2.00 bits per heavy atom. The van der Waals surface area contributed by atoms with Gasteiger partial charge in [-0.15, -0.1) is 0 Å². The van der Waals surface area contributed by atoms with E-state index in [1.54, 1.807) is 62.7 Å². The number of aromatic nitrogens is 2. The molecule has 0 aliphatic rings. The van der Waals surface area contributed by atoms with E-state index >= 15 is 0 Å². The number of carbonyl (C=O) groups excluding carboxylic acids is 2. The van der Waals surface area contributed by atoms with Crippen molar-refractivity contribution in [2.45, 2.75) is 20.4 Å². The molecule has 0 spiro atoms. The number of benzene rings is 1. The number of carbonyl (C=O) groups is 2. The minimum atomic E-state index is -0.626. The molecule has 0 bridgehead atoms. The van der Waals surface area contributed by atoms with Crippen LogP contribution >= 0.6 is 0 Å². The van der Waals surface area contributed by atoms with Gasteiger partial charge in [-0.1, -0.05) is 12.1 Å². The number of aryl methyl sites for hydroxylation is 1. The second kappa shape index (κ2) is 8.34. The average Bonchev–Trinajstić information content (AvgIpc) is 3.09. The third kappa shape index (κ3) is 4.35. The molecule has 0 atom stereocenters. The van der Waals surface area contributed by atoms with Gasteiger partial charge in [0.15, 0.2) is 5.69 Å². The summed E-state index contributed by atoms with van der Waals surface area (Å²) in [5.41, 5.74) is 1.27. The molecule has 28 heavy (non-hydrogen) atoms. The van der Waals surface area contributed by atoms with Crippen molar-refractivity contribution >= 4 is 11.9 Å². The van der Waals surface area contributed by atoms with Crippen LogP contribution in [0.1, 0.15) is 28.9 Å². The molecule has 1 aromatic carbocycles. The highest BCUT2D eigenvalue weighted by Gasteiger charge is 2.26. The predicted octanol–water partition coefficient (Wildman–Crippen LogP) is 3.17. The first kappa shape index (κ1) is 19.1. The lowest BCUT2D eigenvalue weighted by Gasteiger charge is -2.19. The summed E-state index contributed by atoms with van der Waals surface area (Å²) in [6.45, 7) is 2.83. The van der Waals surface area contributed by atoms with E-state index in [0.29, 0.717) is 22.8 Å². The van der Waals surface area contributed by atoms with E-state index in [2.05, 4.69) is 9.97 Å². The monoisotopic (exact) mass is 381 g/mol. The molecule has 8 nitrogen and oxygen atoms in total. The number of amides is 1. The highest BCUT2D eigenvalue weighted by molar-refractivity contribution is 5.93. The van der Waals surface area contributed by atoms with Gasteiger partial charge in [0.2, 0.25) is 5.89 Å². The van der Waals surface area contributed by atoms with Crippen LogP contribution in [-0.2, 0) is 16.2 Å². The molecule has 2 aromatic heterocycles. The van der Waals surface area contributed by atoms with Gasteiger partial charge in [0.25, 0.3) is 0 Å². The van der Waals surface area contributed by atoms with E-state index in [1.165, 1.54) is 6.92 Å². The third-order valence-corrected chi connectivity index (χ3v) is 3.81. The van der Waals surface area contributed by atoms with Gasteiger partial charge in [0.1, 0.15) is 18.1 Å². The number of rotatable bonds is 5. The van der Waals surface area contributed by atoms with Crippen LogP contribution in [0.25, 0.3) is 11.5 Å². The fourth-order valence-corrected chi connectivity index (χ4v) is 2.53. The third-order valence-electron chi connectivity index (χ3n) is 3.81. The largest absolute Gasteiger partial charge is 0.497 e. The van der Waals surface area contributed by atoms with Gasteiger partial charge in [0, 0.05) is 18.7 Å². The summed E-state index contributed by atoms with van der Waals surface area (Å²) in [7, 11) is 1.56. The Morgan fingerprint density at radius 1 is 1.18 bits per heavy atom. The summed E-state index contributed by atoms with van der Waals surface area (Å²) in [6.07, 6.45) is 1.59. The Morgan fingerprint density at radius 3 is 2.68 bits per heavy atom. The fraction of sp³-hybridized carbons (Fsp3) is 0.200. The van der Waals surface area contributed by atoms with Gasteiger partial charge in [0.05, 0.1) is 12.8 Å². The molecular formula is C20H19N3O5. The lowest BCUT2D eigenvalue weighted by Crippen LogP contribution is -2.33. The second-order valence-electron chi connectivity index (χ2n) is 5.90. The molecular weight excluding hydrogens is 362 g/mol. The number of ether oxygens (including phenoxy) is 1. The Kier molecular flexibility index (Phi) is 5.69. The van der Waals surface area contributed by atoms with E-state index in [0.717, 1.165) is 5.06 Å². The van der Waals surface area contributed by atoms with Crippen molar-refractivity contribution in [2.24, 2.45) is 0 Å². The van der Waals surface area contributed by atoms with Crippen LogP contribution in [-0.4, -0.2) is 34.0 Å². The Balaban J connectivity index is 1.90. The van der Waals surface area contributed by atoms with Crippen LogP contribution in [0, 0.1) is 6.92 Å². The Bertz CT molecular complexity index is 985. The number of pyridine rings is 1. The standard InChI is InChI=1S/C20H19N3O5/c1-13-18(22-19(27-13)15-7-6-9-17(11-15)26-3)20(25)23(28-14(2)24)12-16-8-4-5-10-21-16/h4-11H,12H2,1-3H3. The number of hydrogen-bond donors (Lipinski definition) is 0. The van der Waals surface area contributed by atoms with Crippen LogP contribution in [0.5, 0.6) is 5.75 Å². The van der Waals surface area contributed by atoms with Crippen LogP contribution in [0.4, 0.5) is 0 Å². The SMILES string of the molecule is COc1cccc(-c2nc(C(=O)N(Cc3ccccn3)OC(C)=O)c(C)o2)c1. The highest BCUT2D eigenvalue weighted by atomic mass is 16.7. The minimum Gasteiger partial charge on any atom is -0.497 e. The van der Waals surface area contributed by atoms with Gasteiger partial charge >= 0.3 is 11.9 Å². The highest BCUT2D eigenvalue weighted by Crippen LogP contribution is 2.26. The van der Waals surface area contributed by atoms with Crippen molar-refractivity contribution in [2.75, 3.05) is 7.11 Å². The Labute approximate surface area is 161 Å². The number of hydroxylamine groups is 2. The van der Waals surface area contributed by atoms with Gasteiger partial charge in [-0.05, 0) is 37.3 Å². The van der Waals surface area contributed by atoms with Gasteiger partial charge in [-0.2, -0.15) is 5.06 Å². The minimum absolute atomic E-state index is 0.0138. The summed E-state index contributed by atoms with van der Waals surface area (Å²) >= 11 is 0. The summed E-state index contributed by atoms with van der Waals surface area (Å²) in [4.78, 5) is 37.9. The van der Waals surface area contributed by atoms with Crippen LogP contribution in [0.15, 0.2) is 53.1 Å². The predicted molar refractivity (Wildman–Crippen MR) is 99.1 cm³/mol. The van der Waals surface area contributed by atoms with Crippen molar-refractivity contribution in [1.82, 2.24) is 15.0 Å². The van der Waals surface area contributed by atoms with Gasteiger partial charge in [-0.25, -0.2) is 4.98 Å². The van der Waals surface area contributed by atoms with E-state index in [9.17, 15) is 9.59 Å². The Hall–Kier alpha value is -3.68. The average molecular weight is 381 g/mol. The number of nitrogens with zero attached hydrogens (tertiary/aromatic N) is 3. The molecule has 3 rings (SSSR count). The summed E-state index contributed by atoms with van der Waals surface area (Å²) in [6, 6.07) is 12.4. The molecule has 3 aromatic rings. The zero-order valence-electron chi connectivity index (χ0n) is 15.7. The molecule has 144 valence electrons. The summed E-state index contributed by atoms with van der Waals surface area (Å²) < 4.78 is 10.9. The van der Waals surface area contributed by atoms with Crippen LogP contribution < -0.4 is 4.74 Å². The quantitative estimate of drug-likeness (QED) is 0.627. The molecule has 0 N–H and O–H groups in total. The zero-order valence-corrected chi connectivity index (χ0v) is 15.7. The topological polar surface area (TPSA) is 94.8 Å². The molecule has 1 amide bonds. The second-order valence-corrected chi connectivity index (χ2v) is 5.90. The molecule has 0 saturated heterocycles. The summed E-state index contributed by atoms with van der Waals surface area (Å²) in [5, 5.41) is 0.922. The maximum atomic E-state index is 12.9. The molecule has 0 aliphatic carbocycles. The number of methoxy groups -OCH3 is 1. The maximum Gasteiger partial charge on any atom is 0.329 e. The van der Waals surface area contributed by atoms with Crippen molar-refractivity contribution < 1.29 is 23.6 Å². The molecule has 8 heteroatoms. The van der Waals surface area contributed by atoms with Crippen molar-refractivity contribution in [3.63, 3.8) is 0 Å².